The molecule has 0 unspecified atom stereocenters. The van der Waals surface area contributed by atoms with Crippen LogP contribution in [0.1, 0.15) is 119 Å². The first kappa shape index (κ1) is 55.3. The fourth-order valence-corrected chi connectivity index (χ4v) is 12.7. The summed E-state index contributed by atoms with van der Waals surface area (Å²) in [6.45, 7) is 36.7. The van der Waals surface area contributed by atoms with E-state index in [9.17, 15) is 18.6 Å². The summed E-state index contributed by atoms with van der Waals surface area (Å²) in [6.07, 6.45) is 2.39. The molecule has 1 aromatic rings. The van der Waals surface area contributed by atoms with Crippen molar-refractivity contribution in [1.29, 1.82) is 0 Å². The van der Waals surface area contributed by atoms with Gasteiger partial charge in [0.25, 0.3) is 0 Å². The Morgan fingerprint density at radius 2 is 1.53 bits per heavy atom. The monoisotopic (exact) mass is 953 g/mol. The van der Waals surface area contributed by atoms with Crippen LogP contribution in [0.5, 0.6) is 0 Å². The highest BCUT2D eigenvalue weighted by molar-refractivity contribution is 7.91. The van der Waals surface area contributed by atoms with Crippen LogP contribution in [0, 0.1) is 11.8 Å². The quantitative estimate of drug-likeness (QED) is 0.0757. The van der Waals surface area contributed by atoms with Gasteiger partial charge in [0.1, 0.15) is 0 Å². The minimum Gasteiger partial charge on any atom is -0.414 e. The van der Waals surface area contributed by atoms with E-state index in [4.69, 9.17) is 32.5 Å². The number of ether oxygens (including phenoxy) is 5. The topological polar surface area (TPSA) is 139 Å². The zero-order chi connectivity index (χ0) is 47.8. The molecule has 3 heterocycles. The fraction of sp³-hybridized carbons (Fsp3) is 0.800. The molecule has 0 radical (unpaired) electrons. The van der Waals surface area contributed by atoms with E-state index in [1.807, 2.05) is 26.0 Å². The first-order chi connectivity index (χ1) is 29.7. The lowest BCUT2D eigenvalue weighted by molar-refractivity contribution is -0.184. The molecule has 14 heteroatoms. The third-order valence-electron chi connectivity index (χ3n) is 15.0. The van der Waals surface area contributed by atoms with Gasteiger partial charge in [0.2, 0.25) is 0 Å². The van der Waals surface area contributed by atoms with E-state index in [0.29, 0.717) is 37.9 Å². The Balaban J connectivity index is 1.48. The maximum atomic E-state index is 14.2. The molecule has 1 aromatic carbocycles. The summed E-state index contributed by atoms with van der Waals surface area (Å²) in [7, 11) is -6.60. The highest BCUT2D eigenvalue weighted by Crippen LogP contribution is 2.43. The van der Waals surface area contributed by atoms with Crippen molar-refractivity contribution in [3.05, 3.63) is 54.1 Å². The second-order valence-electron chi connectivity index (χ2n) is 22.1. The van der Waals surface area contributed by atoms with Gasteiger partial charge in [-0.3, -0.25) is 0 Å². The molecule has 0 aliphatic carbocycles. The lowest BCUT2D eigenvalue weighted by atomic mass is 9.86. The summed E-state index contributed by atoms with van der Waals surface area (Å²) >= 11 is 0. The van der Waals surface area contributed by atoms with Gasteiger partial charge >= 0.3 is 0 Å². The number of sulfone groups is 1. The van der Waals surface area contributed by atoms with Crippen LogP contribution in [0.2, 0.25) is 36.3 Å². The maximum Gasteiger partial charge on any atom is 0.192 e. The van der Waals surface area contributed by atoms with Crippen molar-refractivity contribution in [1.82, 2.24) is 0 Å². The van der Waals surface area contributed by atoms with Crippen molar-refractivity contribution < 1.29 is 51.2 Å². The fourth-order valence-electron chi connectivity index (χ4n) is 8.63. The van der Waals surface area contributed by atoms with E-state index in [2.05, 4.69) is 80.9 Å². The Morgan fingerprint density at radius 3 is 2.11 bits per heavy atom. The van der Waals surface area contributed by atoms with Crippen LogP contribution in [-0.2, 0) is 48.8 Å². The lowest BCUT2D eigenvalue weighted by Crippen LogP contribution is -2.49. The molecule has 2 N–H and O–H groups in total. The summed E-state index contributed by atoms with van der Waals surface area (Å²) in [5.41, 5.74) is 2.69. The molecular formula is C50H88O11SSi2. The number of methoxy groups -OCH3 is 1. The highest BCUT2D eigenvalue weighted by atomic mass is 32.2. The molecule has 10 atom stereocenters. The number of benzene rings is 1. The third-order valence-corrected chi connectivity index (χ3v) is 25.9. The summed E-state index contributed by atoms with van der Waals surface area (Å²) in [4.78, 5) is 0.252. The average Bonchev–Trinajstić information content (AvgIpc) is 3.73. The zero-order valence-electron chi connectivity index (χ0n) is 42.0. The molecule has 3 aliphatic heterocycles. The summed E-state index contributed by atoms with van der Waals surface area (Å²) in [5, 5.41) is 23.0. The van der Waals surface area contributed by atoms with E-state index in [1.165, 1.54) is 0 Å². The normalized spacial score (nSPS) is 26.3. The Bertz CT molecular complexity index is 1730. The Morgan fingerprint density at radius 1 is 0.906 bits per heavy atom. The molecule has 3 saturated heterocycles. The molecule has 0 spiro atoms. The molecule has 0 saturated carbocycles. The van der Waals surface area contributed by atoms with Crippen LogP contribution in [0.25, 0.3) is 0 Å². The van der Waals surface area contributed by atoms with Crippen LogP contribution in [0.3, 0.4) is 0 Å². The number of aliphatic hydroxyl groups excluding tert-OH is 2. The second kappa shape index (κ2) is 23.4. The molecule has 11 nitrogen and oxygen atoms in total. The number of rotatable bonds is 24. The molecule has 3 fully saturated rings. The van der Waals surface area contributed by atoms with E-state index in [1.54, 1.807) is 19.2 Å². The van der Waals surface area contributed by atoms with Gasteiger partial charge in [0.05, 0.1) is 79.3 Å². The van der Waals surface area contributed by atoms with Crippen LogP contribution in [-0.4, -0.2) is 123 Å². The van der Waals surface area contributed by atoms with E-state index in [0.717, 1.165) is 56.5 Å². The third kappa shape index (κ3) is 15.4. The maximum absolute atomic E-state index is 14.2. The number of hydrogen-bond donors (Lipinski definition) is 2. The van der Waals surface area contributed by atoms with Gasteiger partial charge in [-0.05, 0) is 116 Å². The molecular weight excluding hydrogens is 865 g/mol. The lowest BCUT2D eigenvalue weighted by Gasteiger charge is -2.42. The van der Waals surface area contributed by atoms with Crippen molar-refractivity contribution in [2.24, 2.45) is 11.8 Å². The second-order valence-corrected chi connectivity index (χ2v) is 33.7. The minimum atomic E-state index is -3.78. The van der Waals surface area contributed by atoms with Crippen LogP contribution < -0.4 is 0 Å². The SMILES string of the molecule is C=C1C[C@H](CCC2OCCCO2)O[C@H]1CC[C@@H](O)C[C@H](C)C(=C)[C@H](O)C[C@@H]1O[C@H](C[C@@H](CO[Si](C)(C)C(C)(C)C)O[Si](C)(C)C(C)(C)C)[C@H](OC)[C@H]1CS(=O)(=O)c1ccc(CC)cc1. The molecule has 4 rings (SSSR count). The Kier molecular flexibility index (Phi) is 20.2. The van der Waals surface area contributed by atoms with E-state index >= 15 is 0 Å². The van der Waals surface area contributed by atoms with Crippen LogP contribution >= 0.6 is 0 Å². The molecule has 0 aromatic heterocycles. The first-order valence-electron chi connectivity index (χ1n) is 24.1. The summed E-state index contributed by atoms with van der Waals surface area (Å²) < 4.78 is 73.1. The van der Waals surface area contributed by atoms with Crippen molar-refractivity contribution in [3.8, 4) is 0 Å². The summed E-state index contributed by atoms with van der Waals surface area (Å²) in [6, 6.07) is 7.08. The van der Waals surface area contributed by atoms with Crippen molar-refractivity contribution >= 4 is 26.5 Å². The van der Waals surface area contributed by atoms with Gasteiger partial charge in [-0.25, -0.2) is 8.42 Å². The number of hydrogen-bond acceptors (Lipinski definition) is 11. The Labute approximate surface area is 390 Å². The van der Waals surface area contributed by atoms with Crippen molar-refractivity contribution in [2.45, 2.75) is 216 Å². The van der Waals surface area contributed by atoms with Gasteiger partial charge in [-0.15, -0.1) is 0 Å². The van der Waals surface area contributed by atoms with Gasteiger partial charge in [-0.2, -0.15) is 0 Å². The van der Waals surface area contributed by atoms with Crippen molar-refractivity contribution in [3.63, 3.8) is 0 Å². The molecule has 64 heavy (non-hydrogen) atoms. The molecule has 3 aliphatic rings. The van der Waals surface area contributed by atoms with E-state index in [-0.39, 0.29) is 57.7 Å². The van der Waals surface area contributed by atoms with E-state index < -0.39 is 62.9 Å². The predicted octanol–water partition coefficient (Wildman–Crippen LogP) is 9.96. The van der Waals surface area contributed by atoms with Gasteiger partial charge in [-0.1, -0.05) is 80.7 Å². The first-order valence-corrected chi connectivity index (χ1v) is 31.6. The molecule has 0 amide bonds. The smallest absolute Gasteiger partial charge is 0.192 e. The predicted molar refractivity (Wildman–Crippen MR) is 261 cm³/mol. The van der Waals surface area contributed by atoms with Gasteiger partial charge < -0.3 is 42.7 Å². The average molecular weight is 953 g/mol. The summed E-state index contributed by atoms with van der Waals surface area (Å²) in [5.74, 6) is -1.02. The van der Waals surface area contributed by atoms with Gasteiger partial charge in [0, 0.05) is 32.3 Å². The largest absolute Gasteiger partial charge is 0.414 e. The standard InChI is InChI=1S/C50H88O11SSi2/c1-16-37-18-22-41(23-19-37)62(53,54)33-42-45(60-46(48(42)55-11)30-40(61-64(14,15)50(8,9)10)32-58-63(12,13)49(5,6)7)31-43(52)36(4)34(2)28-38(51)20-24-44-35(3)29-39(59-44)21-25-47-56-26-17-27-57-47/h18-19,22-23,34,38-40,42-48,51-52H,3-4,16-17,20-21,24-33H2,1-2,5-15H3/t34-,38+,39-,40-,42-,43+,44-,45-,46+,48+/m0/s1. The zero-order valence-corrected chi connectivity index (χ0v) is 44.8. The highest BCUT2D eigenvalue weighted by Gasteiger charge is 2.50. The van der Waals surface area contributed by atoms with Gasteiger partial charge in [0.15, 0.2) is 32.8 Å². The molecule has 368 valence electrons. The number of aliphatic hydroxyl groups is 2. The van der Waals surface area contributed by atoms with Crippen LogP contribution in [0.15, 0.2) is 53.5 Å². The van der Waals surface area contributed by atoms with Crippen LogP contribution in [0.4, 0.5) is 0 Å². The number of aryl methyl sites for hydroxylation is 1. The Hall–Kier alpha value is -1.28. The molecule has 0 bridgehead atoms. The minimum absolute atomic E-state index is 0.00263. The van der Waals surface area contributed by atoms with Crippen molar-refractivity contribution in [2.75, 3.05) is 32.7 Å².